The van der Waals surface area contributed by atoms with E-state index in [2.05, 4.69) is 15.2 Å². The number of rotatable bonds is 7. The van der Waals surface area contributed by atoms with E-state index in [0.29, 0.717) is 30.5 Å². The van der Waals surface area contributed by atoms with Gasteiger partial charge in [0.2, 0.25) is 11.8 Å². The van der Waals surface area contributed by atoms with E-state index in [-0.39, 0.29) is 29.1 Å². The Kier molecular flexibility index (Phi) is 5.88. The molecule has 29 heavy (non-hydrogen) atoms. The van der Waals surface area contributed by atoms with Crippen LogP contribution in [0.15, 0.2) is 33.9 Å². The van der Waals surface area contributed by atoms with Crippen molar-refractivity contribution < 1.29 is 17.6 Å². The Morgan fingerprint density at radius 1 is 1.34 bits per heavy atom. The van der Waals surface area contributed by atoms with Crippen LogP contribution in [0.5, 0.6) is 0 Å². The van der Waals surface area contributed by atoms with E-state index in [9.17, 15) is 13.2 Å². The lowest BCUT2D eigenvalue weighted by atomic mass is 10.1. The molecule has 0 bridgehead atoms. The van der Waals surface area contributed by atoms with E-state index in [4.69, 9.17) is 4.42 Å². The highest BCUT2D eigenvalue weighted by atomic mass is 32.2. The van der Waals surface area contributed by atoms with Crippen LogP contribution >= 0.6 is 23.1 Å². The zero-order chi connectivity index (χ0) is 20.4. The van der Waals surface area contributed by atoms with Crippen molar-refractivity contribution in [3.8, 4) is 0 Å². The van der Waals surface area contributed by atoms with Gasteiger partial charge in [-0.25, -0.2) is 13.4 Å². The predicted octanol–water partition coefficient (Wildman–Crippen LogP) is 2.41. The molecule has 3 heterocycles. The van der Waals surface area contributed by atoms with E-state index in [1.165, 1.54) is 11.8 Å². The summed E-state index contributed by atoms with van der Waals surface area (Å²) in [5.41, 5.74) is 0.941. The van der Waals surface area contributed by atoms with Crippen LogP contribution in [-0.2, 0) is 27.6 Å². The summed E-state index contributed by atoms with van der Waals surface area (Å²) < 4.78 is 29.8. The van der Waals surface area contributed by atoms with Gasteiger partial charge in [-0.05, 0) is 24.5 Å². The fourth-order valence-electron chi connectivity index (χ4n) is 3.17. The fourth-order valence-corrected chi connectivity index (χ4v) is 6.78. The Balaban J connectivity index is 1.27. The van der Waals surface area contributed by atoms with E-state index in [1.54, 1.807) is 23.3 Å². The number of hydrogen-bond donors (Lipinski definition) is 0. The van der Waals surface area contributed by atoms with Crippen molar-refractivity contribution in [2.45, 2.75) is 24.6 Å². The zero-order valence-corrected chi connectivity index (χ0v) is 18.2. The number of sulfone groups is 1. The third-order valence-corrected chi connectivity index (χ3v) is 8.36. The van der Waals surface area contributed by atoms with Gasteiger partial charge in [0.05, 0.1) is 34.0 Å². The van der Waals surface area contributed by atoms with Gasteiger partial charge >= 0.3 is 0 Å². The SMILES string of the molecule is CN(Cc1nc2ccccc2s1)C(=O)CSc1nnc(C[C@H]2CCS(=O)(=O)C2)o1. The highest BCUT2D eigenvalue weighted by Gasteiger charge is 2.29. The van der Waals surface area contributed by atoms with Crippen LogP contribution in [-0.4, -0.2) is 58.7 Å². The van der Waals surface area contributed by atoms with E-state index >= 15 is 0 Å². The van der Waals surface area contributed by atoms with E-state index < -0.39 is 9.84 Å². The Morgan fingerprint density at radius 2 is 2.17 bits per heavy atom. The molecule has 2 aromatic heterocycles. The fraction of sp³-hybridized carbons (Fsp3) is 0.444. The number of thioether (sulfide) groups is 1. The minimum atomic E-state index is -2.92. The van der Waals surface area contributed by atoms with Gasteiger partial charge in [0, 0.05) is 13.5 Å². The molecule has 0 unspecified atom stereocenters. The highest BCUT2D eigenvalue weighted by molar-refractivity contribution is 7.99. The molecule has 0 aliphatic carbocycles. The first kappa shape index (κ1) is 20.3. The lowest BCUT2D eigenvalue weighted by Gasteiger charge is -2.14. The Labute approximate surface area is 176 Å². The number of fused-ring (bicyclic) bond motifs is 1. The van der Waals surface area contributed by atoms with E-state index in [1.807, 2.05) is 24.3 Å². The summed E-state index contributed by atoms with van der Waals surface area (Å²) in [6.07, 6.45) is 1.08. The molecule has 1 amide bonds. The van der Waals surface area contributed by atoms with Crippen molar-refractivity contribution in [2.75, 3.05) is 24.3 Å². The molecule has 0 N–H and O–H groups in total. The molecular weight excluding hydrogens is 432 g/mol. The molecule has 1 aliphatic heterocycles. The number of benzene rings is 1. The quantitative estimate of drug-likeness (QED) is 0.503. The summed E-state index contributed by atoms with van der Waals surface area (Å²) in [5.74, 6) is 0.969. The molecule has 1 atom stereocenters. The molecule has 8 nitrogen and oxygen atoms in total. The van der Waals surface area contributed by atoms with Crippen LogP contribution in [0.3, 0.4) is 0 Å². The van der Waals surface area contributed by atoms with Gasteiger partial charge in [0.15, 0.2) is 9.84 Å². The summed E-state index contributed by atoms with van der Waals surface area (Å²) >= 11 is 2.76. The molecular formula is C18H20N4O4S3. The van der Waals surface area contributed by atoms with Crippen LogP contribution in [0.25, 0.3) is 10.2 Å². The largest absolute Gasteiger partial charge is 0.416 e. The summed E-state index contributed by atoms with van der Waals surface area (Å²) in [6, 6.07) is 7.89. The molecule has 3 aromatic rings. The second kappa shape index (κ2) is 8.41. The van der Waals surface area contributed by atoms with Gasteiger partial charge in [-0.2, -0.15) is 0 Å². The molecule has 1 fully saturated rings. The van der Waals surface area contributed by atoms with Crippen LogP contribution < -0.4 is 0 Å². The number of carbonyl (C=O) groups excluding carboxylic acids is 1. The van der Waals surface area contributed by atoms with E-state index in [0.717, 1.165) is 15.2 Å². The van der Waals surface area contributed by atoms with Gasteiger partial charge in [0.25, 0.3) is 5.22 Å². The smallest absolute Gasteiger partial charge is 0.277 e. The van der Waals surface area contributed by atoms with Gasteiger partial charge in [0.1, 0.15) is 5.01 Å². The van der Waals surface area contributed by atoms with Crippen LogP contribution in [0.4, 0.5) is 0 Å². The van der Waals surface area contributed by atoms with Crippen LogP contribution in [0, 0.1) is 5.92 Å². The molecule has 1 aliphatic rings. The molecule has 0 spiro atoms. The maximum atomic E-state index is 12.4. The number of nitrogens with zero attached hydrogens (tertiary/aromatic N) is 4. The van der Waals surface area contributed by atoms with Gasteiger partial charge < -0.3 is 9.32 Å². The lowest BCUT2D eigenvalue weighted by Crippen LogP contribution is -2.27. The van der Waals surface area contributed by atoms with Crippen molar-refractivity contribution >= 4 is 49.1 Å². The molecule has 0 radical (unpaired) electrons. The summed E-state index contributed by atoms with van der Waals surface area (Å²) in [5, 5.41) is 9.14. The molecule has 4 rings (SSSR count). The van der Waals surface area contributed by atoms with Gasteiger partial charge in [-0.15, -0.1) is 21.5 Å². The first-order chi connectivity index (χ1) is 13.9. The molecule has 1 saturated heterocycles. The summed E-state index contributed by atoms with van der Waals surface area (Å²) in [4.78, 5) is 18.6. The molecule has 154 valence electrons. The third-order valence-electron chi connectivity index (χ3n) is 4.69. The normalized spacial score (nSPS) is 18.3. The summed E-state index contributed by atoms with van der Waals surface area (Å²) in [6.45, 7) is 0.448. The Morgan fingerprint density at radius 3 is 2.93 bits per heavy atom. The first-order valence-electron chi connectivity index (χ1n) is 9.12. The van der Waals surface area contributed by atoms with Crippen LogP contribution in [0.1, 0.15) is 17.3 Å². The lowest BCUT2D eigenvalue weighted by molar-refractivity contribution is -0.127. The minimum absolute atomic E-state index is 0.0277. The third kappa shape index (κ3) is 5.14. The Hall–Kier alpha value is -1.98. The van der Waals surface area contributed by atoms with Crippen molar-refractivity contribution in [1.29, 1.82) is 0 Å². The molecule has 11 heteroatoms. The van der Waals surface area contributed by atoms with Crippen LogP contribution in [0.2, 0.25) is 0 Å². The number of aromatic nitrogens is 3. The zero-order valence-electron chi connectivity index (χ0n) is 15.8. The maximum absolute atomic E-state index is 12.4. The van der Waals surface area contributed by atoms with Crippen molar-refractivity contribution in [3.05, 3.63) is 35.2 Å². The molecule has 1 aromatic carbocycles. The highest BCUT2D eigenvalue weighted by Crippen LogP contribution is 2.25. The minimum Gasteiger partial charge on any atom is -0.416 e. The monoisotopic (exact) mass is 452 g/mol. The second-order valence-corrected chi connectivity index (χ2v) is 11.3. The van der Waals surface area contributed by atoms with Gasteiger partial charge in [-0.3, -0.25) is 4.79 Å². The van der Waals surface area contributed by atoms with Crippen molar-refractivity contribution in [1.82, 2.24) is 20.1 Å². The van der Waals surface area contributed by atoms with Crippen molar-refractivity contribution in [3.63, 3.8) is 0 Å². The summed E-state index contributed by atoms with van der Waals surface area (Å²) in [7, 11) is -1.18. The average Bonchev–Trinajstić information content (AvgIpc) is 3.38. The first-order valence-corrected chi connectivity index (χ1v) is 12.7. The average molecular weight is 453 g/mol. The number of hydrogen-bond acceptors (Lipinski definition) is 9. The van der Waals surface area contributed by atoms with Gasteiger partial charge in [-0.1, -0.05) is 23.9 Å². The van der Waals surface area contributed by atoms with Crippen molar-refractivity contribution in [2.24, 2.45) is 5.92 Å². The number of thiazole rings is 1. The predicted molar refractivity (Wildman–Crippen MR) is 112 cm³/mol. The standard InChI is InChI=1S/C18H20N4O4S3/c1-22(9-16-19-13-4-2-3-5-14(13)28-16)17(23)10-27-18-21-20-15(26-18)8-12-6-7-29(24,25)11-12/h2-5,12H,6-11H2,1H3/t12-/m1/s1. The topological polar surface area (TPSA) is 106 Å². The Bertz CT molecular complexity index is 1090. The number of carbonyl (C=O) groups is 1. The molecule has 0 saturated carbocycles. The number of amides is 1. The second-order valence-electron chi connectivity index (χ2n) is 7.05. The number of para-hydroxylation sites is 1. The maximum Gasteiger partial charge on any atom is 0.277 e.